The van der Waals surface area contributed by atoms with Crippen LogP contribution in [-0.2, 0) is 9.59 Å². The summed E-state index contributed by atoms with van der Waals surface area (Å²) in [6.07, 6.45) is 7.25. The van der Waals surface area contributed by atoms with Crippen LogP contribution in [0.1, 0.15) is 32.1 Å². The highest BCUT2D eigenvalue weighted by Crippen LogP contribution is 2.14. The number of amides is 2. The van der Waals surface area contributed by atoms with Crippen molar-refractivity contribution in [2.45, 2.75) is 38.1 Å². The zero-order chi connectivity index (χ0) is 16.9. The van der Waals surface area contributed by atoms with Gasteiger partial charge in [0.2, 0.25) is 11.8 Å². The van der Waals surface area contributed by atoms with E-state index in [0.717, 1.165) is 25.7 Å². The number of nitrogens with zero attached hydrogens (tertiary/aromatic N) is 3. The second-order valence-electron chi connectivity index (χ2n) is 6.37. The molecule has 1 aromatic rings. The van der Waals surface area contributed by atoms with Crippen molar-refractivity contribution in [1.82, 2.24) is 20.2 Å². The molecule has 1 unspecified atom stereocenters. The molecule has 0 bridgehead atoms. The zero-order valence-corrected chi connectivity index (χ0v) is 13.7. The summed E-state index contributed by atoms with van der Waals surface area (Å²) in [6, 6.07) is -0.0269. The molecule has 2 amide bonds. The summed E-state index contributed by atoms with van der Waals surface area (Å²) >= 11 is 0. The maximum atomic E-state index is 12.2. The number of carbonyl (C=O) groups excluding carboxylic acids is 2. The van der Waals surface area contributed by atoms with Gasteiger partial charge in [-0.2, -0.15) is 0 Å². The van der Waals surface area contributed by atoms with Crippen molar-refractivity contribution < 1.29 is 9.59 Å². The topological polar surface area (TPSA) is 98.4 Å². The van der Waals surface area contributed by atoms with E-state index in [9.17, 15) is 14.4 Å². The molecule has 0 aromatic carbocycles. The van der Waals surface area contributed by atoms with E-state index in [4.69, 9.17) is 0 Å². The molecule has 2 aliphatic heterocycles. The zero-order valence-electron chi connectivity index (χ0n) is 13.7. The Morgan fingerprint density at radius 2 is 2.17 bits per heavy atom. The van der Waals surface area contributed by atoms with Crippen LogP contribution >= 0.6 is 0 Å². The lowest BCUT2D eigenvalue weighted by atomic mass is 10.2. The third-order valence-corrected chi connectivity index (χ3v) is 4.55. The molecule has 2 fully saturated rings. The van der Waals surface area contributed by atoms with Crippen molar-refractivity contribution in [3.63, 3.8) is 0 Å². The number of likely N-dealkylation sites (tertiary alicyclic amines) is 1. The summed E-state index contributed by atoms with van der Waals surface area (Å²) in [4.78, 5) is 46.2. The van der Waals surface area contributed by atoms with Gasteiger partial charge < -0.3 is 20.1 Å². The summed E-state index contributed by atoms with van der Waals surface area (Å²) in [7, 11) is 0. The maximum absolute atomic E-state index is 12.2. The van der Waals surface area contributed by atoms with E-state index in [1.165, 1.54) is 6.20 Å². The van der Waals surface area contributed by atoms with Gasteiger partial charge in [-0.1, -0.05) is 6.42 Å². The quantitative estimate of drug-likeness (QED) is 0.800. The van der Waals surface area contributed by atoms with Crippen molar-refractivity contribution >= 4 is 17.6 Å². The van der Waals surface area contributed by atoms with Gasteiger partial charge >= 0.3 is 0 Å². The molecular weight excluding hydrogens is 310 g/mol. The number of aromatic amines is 1. The fourth-order valence-corrected chi connectivity index (χ4v) is 3.29. The van der Waals surface area contributed by atoms with Crippen LogP contribution < -0.4 is 15.8 Å². The second-order valence-corrected chi connectivity index (χ2v) is 6.37. The Kier molecular flexibility index (Phi) is 5.12. The summed E-state index contributed by atoms with van der Waals surface area (Å²) in [6.45, 7) is 2.01. The van der Waals surface area contributed by atoms with E-state index in [1.54, 1.807) is 11.1 Å². The van der Waals surface area contributed by atoms with E-state index in [2.05, 4.69) is 15.3 Å². The smallest absolute Gasteiger partial charge is 0.290 e. The van der Waals surface area contributed by atoms with Crippen molar-refractivity contribution in [3.8, 4) is 0 Å². The number of nitrogens with one attached hydrogen (secondary N) is 2. The Labute approximate surface area is 140 Å². The minimum absolute atomic E-state index is 0.0269. The molecule has 130 valence electrons. The third kappa shape index (κ3) is 3.93. The van der Waals surface area contributed by atoms with Gasteiger partial charge in [0.15, 0.2) is 5.82 Å². The average molecular weight is 333 g/mol. The van der Waals surface area contributed by atoms with Gasteiger partial charge in [0.1, 0.15) is 0 Å². The molecule has 1 aromatic heterocycles. The molecular formula is C16H23N5O3. The third-order valence-electron chi connectivity index (χ3n) is 4.55. The minimum Gasteiger partial charge on any atom is -0.350 e. The summed E-state index contributed by atoms with van der Waals surface area (Å²) in [5.41, 5.74) is -0.223. The Balaban J connectivity index is 1.52. The normalized spacial score (nSPS) is 21.7. The van der Waals surface area contributed by atoms with Crippen molar-refractivity contribution in [2.75, 3.05) is 31.1 Å². The fraction of sp³-hybridized carbons (Fsp3) is 0.625. The molecule has 0 radical (unpaired) electrons. The van der Waals surface area contributed by atoms with Crippen molar-refractivity contribution in [3.05, 3.63) is 22.7 Å². The van der Waals surface area contributed by atoms with Gasteiger partial charge in [-0.05, 0) is 19.3 Å². The van der Waals surface area contributed by atoms with Crippen LogP contribution in [0.25, 0.3) is 0 Å². The summed E-state index contributed by atoms with van der Waals surface area (Å²) in [5.74, 6) is 0.319. The predicted molar refractivity (Wildman–Crippen MR) is 88.7 cm³/mol. The molecule has 8 nitrogen and oxygen atoms in total. The van der Waals surface area contributed by atoms with Crippen LogP contribution in [0.5, 0.6) is 0 Å². The highest BCUT2D eigenvalue weighted by Gasteiger charge is 2.27. The fourth-order valence-electron chi connectivity index (χ4n) is 3.29. The van der Waals surface area contributed by atoms with Gasteiger partial charge in [0.05, 0.1) is 6.54 Å². The van der Waals surface area contributed by atoms with Crippen LogP contribution in [0.4, 0.5) is 5.82 Å². The number of carbonyl (C=O) groups is 2. The maximum Gasteiger partial charge on any atom is 0.290 e. The van der Waals surface area contributed by atoms with E-state index in [-0.39, 0.29) is 30.0 Å². The molecule has 3 rings (SSSR count). The largest absolute Gasteiger partial charge is 0.350 e. The number of H-pyrrole nitrogens is 1. The van der Waals surface area contributed by atoms with E-state index >= 15 is 0 Å². The Bertz CT molecular complexity index is 659. The van der Waals surface area contributed by atoms with Crippen LogP contribution in [0.2, 0.25) is 0 Å². The first-order valence-corrected chi connectivity index (χ1v) is 8.49. The van der Waals surface area contributed by atoms with Gasteiger partial charge in [-0.3, -0.25) is 14.4 Å². The number of hydrogen-bond donors (Lipinski definition) is 2. The standard InChI is InChI=1S/C16H23N5O3/c22-13(11-20-8-3-1-2-4-14(20)23)19-12-5-9-21(10-12)15-16(24)18-7-6-17-15/h6-7,12H,1-5,8-11H2,(H,18,24)(H,19,22). The Hall–Kier alpha value is -2.38. The molecule has 0 saturated carbocycles. The molecule has 2 aliphatic rings. The van der Waals surface area contributed by atoms with Crippen molar-refractivity contribution in [1.29, 1.82) is 0 Å². The lowest BCUT2D eigenvalue weighted by Gasteiger charge is -2.21. The minimum atomic E-state index is -0.223. The first-order valence-electron chi connectivity index (χ1n) is 8.49. The highest BCUT2D eigenvalue weighted by molar-refractivity contribution is 5.85. The van der Waals surface area contributed by atoms with Crippen molar-refractivity contribution in [2.24, 2.45) is 0 Å². The van der Waals surface area contributed by atoms with Crippen LogP contribution in [0.15, 0.2) is 17.2 Å². The highest BCUT2D eigenvalue weighted by atomic mass is 16.2. The predicted octanol–water partition coefficient (Wildman–Crippen LogP) is -0.133. The SMILES string of the molecule is O=C(CN1CCCCCC1=O)NC1CCN(c2ncc[nH]c2=O)C1. The first kappa shape index (κ1) is 16.5. The van der Waals surface area contributed by atoms with Crippen LogP contribution in [-0.4, -0.2) is 58.9 Å². The van der Waals surface area contributed by atoms with E-state index in [0.29, 0.717) is 31.9 Å². The molecule has 2 N–H and O–H groups in total. The molecule has 0 aliphatic carbocycles. The monoisotopic (exact) mass is 333 g/mol. The number of anilines is 1. The first-order chi connectivity index (χ1) is 11.6. The van der Waals surface area contributed by atoms with E-state index < -0.39 is 0 Å². The number of rotatable bonds is 4. The van der Waals surface area contributed by atoms with Gasteiger partial charge in [0, 0.05) is 44.5 Å². The van der Waals surface area contributed by atoms with E-state index in [1.807, 2.05) is 4.90 Å². The summed E-state index contributed by atoms with van der Waals surface area (Å²) < 4.78 is 0. The molecule has 3 heterocycles. The van der Waals surface area contributed by atoms with Gasteiger partial charge in [-0.25, -0.2) is 4.98 Å². The van der Waals surface area contributed by atoms with Crippen LogP contribution in [0.3, 0.4) is 0 Å². The molecule has 2 saturated heterocycles. The number of hydrogen-bond acceptors (Lipinski definition) is 5. The molecule has 0 spiro atoms. The van der Waals surface area contributed by atoms with Gasteiger partial charge in [-0.15, -0.1) is 0 Å². The lowest BCUT2D eigenvalue weighted by Crippen LogP contribution is -2.45. The Morgan fingerprint density at radius 3 is 3.00 bits per heavy atom. The molecule has 1 atom stereocenters. The second kappa shape index (κ2) is 7.46. The molecule has 8 heteroatoms. The number of aromatic nitrogens is 2. The van der Waals surface area contributed by atoms with Crippen LogP contribution in [0, 0.1) is 0 Å². The molecule has 24 heavy (non-hydrogen) atoms. The lowest BCUT2D eigenvalue weighted by molar-refractivity contribution is -0.135. The summed E-state index contributed by atoms with van der Waals surface area (Å²) in [5, 5.41) is 2.97. The average Bonchev–Trinajstić information content (AvgIpc) is 2.92. The van der Waals surface area contributed by atoms with Gasteiger partial charge in [0.25, 0.3) is 5.56 Å². The Morgan fingerprint density at radius 1 is 1.29 bits per heavy atom.